The Morgan fingerprint density at radius 2 is 0.905 bits per heavy atom. The van der Waals surface area contributed by atoms with Gasteiger partial charge in [-0.15, -0.1) is 0 Å². The van der Waals surface area contributed by atoms with E-state index in [4.69, 9.17) is 14.8 Å². The highest BCUT2D eigenvalue weighted by Gasteiger charge is 2.02. The summed E-state index contributed by atoms with van der Waals surface area (Å²) in [6, 6.07) is 15.5. The van der Waals surface area contributed by atoms with Crippen LogP contribution in [0.1, 0.15) is 50.7 Å². The Bertz CT molecular complexity index is 490. The third kappa shape index (κ3) is 4.50. The zero-order valence-corrected chi connectivity index (χ0v) is 13.0. The van der Waals surface area contributed by atoms with E-state index in [2.05, 4.69) is 27.7 Å². The first-order chi connectivity index (χ1) is 10.1. The Morgan fingerprint density at radius 3 is 1.19 bits per heavy atom. The Hall–Kier alpha value is -2.00. The fourth-order valence-electron chi connectivity index (χ4n) is 1.91. The first-order valence-corrected chi connectivity index (χ1v) is 7.27. The summed E-state index contributed by atoms with van der Waals surface area (Å²) < 4.78 is 0. The number of hydrogen-bond donors (Lipinski definition) is 0. The van der Waals surface area contributed by atoms with E-state index in [0.29, 0.717) is 23.3 Å². The van der Waals surface area contributed by atoms with E-state index >= 15 is 0 Å². The molecule has 0 saturated heterocycles. The fourth-order valence-corrected chi connectivity index (χ4v) is 1.91. The highest BCUT2D eigenvalue weighted by molar-refractivity contribution is 5.29. The predicted molar refractivity (Wildman–Crippen MR) is 83.4 cm³/mol. The molecule has 0 unspecified atom stereocenters. The molecule has 0 aromatic heterocycles. The van der Waals surface area contributed by atoms with Crippen molar-refractivity contribution in [2.24, 2.45) is 0 Å². The second-order valence-electron chi connectivity index (χ2n) is 5.68. The van der Waals surface area contributed by atoms with Gasteiger partial charge in [-0.05, 0) is 47.2 Å². The van der Waals surface area contributed by atoms with Gasteiger partial charge in [-0.2, -0.15) is 0 Å². The molecule has 0 spiro atoms. The van der Waals surface area contributed by atoms with Crippen LogP contribution in [0.15, 0.2) is 48.5 Å². The first kappa shape index (κ1) is 15.4. The Kier molecular flexibility index (Phi) is 5.23. The van der Waals surface area contributed by atoms with Crippen LogP contribution in [0.25, 0.3) is 0 Å². The van der Waals surface area contributed by atoms with E-state index in [-0.39, 0.29) is 0 Å². The van der Waals surface area contributed by atoms with Crippen molar-refractivity contribution in [1.82, 2.24) is 0 Å². The standard InChI is InChI=1S/C18H22O3/c1-13(2)15-5-9-17(10-6-15)19-21-20-18-11-7-16(8-12-18)14(3)4/h5-14H,1-4H3. The summed E-state index contributed by atoms with van der Waals surface area (Å²) in [7, 11) is 0. The lowest BCUT2D eigenvalue weighted by molar-refractivity contribution is -0.411. The van der Waals surface area contributed by atoms with Gasteiger partial charge in [-0.25, -0.2) is 0 Å². The van der Waals surface area contributed by atoms with Gasteiger partial charge in [0.25, 0.3) is 0 Å². The summed E-state index contributed by atoms with van der Waals surface area (Å²) in [6.45, 7) is 8.60. The molecule has 0 saturated carbocycles. The molecule has 0 aliphatic rings. The highest BCUT2D eigenvalue weighted by Crippen LogP contribution is 2.20. The van der Waals surface area contributed by atoms with Crippen LogP contribution in [0.5, 0.6) is 11.5 Å². The van der Waals surface area contributed by atoms with Gasteiger partial charge in [0, 0.05) is 5.04 Å². The molecule has 0 aliphatic heterocycles. The minimum atomic E-state index is 0.496. The normalized spacial score (nSPS) is 11.0. The van der Waals surface area contributed by atoms with E-state index < -0.39 is 0 Å². The van der Waals surface area contributed by atoms with Crippen LogP contribution in [0.4, 0.5) is 0 Å². The lowest BCUT2D eigenvalue weighted by Crippen LogP contribution is -2.02. The molecule has 2 aromatic rings. The van der Waals surface area contributed by atoms with Crippen LogP contribution in [0.3, 0.4) is 0 Å². The zero-order valence-electron chi connectivity index (χ0n) is 13.0. The van der Waals surface area contributed by atoms with Crippen molar-refractivity contribution in [1.29, 1.82) is 0 Å². The number of hydrogen-bond acceptors (Lipinski definition) is 3. The summed E-state index contributed by atoms with van der Waals surface area (Å²) in [5, 5.41) is 4.81. The maximum Gasteiger partial charge on any atom is 0.169 e. The largest absolute Gasteiger partial charge is 0.299 e. The van der Waals surface area contributed by atoms with Crippen LogP contribution >= 0.6 is 0 Å². The molecule has 3 nitrogen and oxygen atoms in total. The molecule has 0 radical (unpaired) electrons. The smallest absolute Gasteiger partial charge is 0.169 e. The van der Waals surface area contributed by atoms with Crippen LogP contribution in [-0.2, 0) is 5.04 Å². The summed E-state index contributed by atoms with van der Waals surface area (Å²) >= 11 is 0. The monoisotopic (exact) mass is 286 g/mol. The number of benzene rings is 2. The second kappa shape index (κ2) is 7.14. The van der Waals surface area contributed by atoms with Crippen molar-refractivity contribution in [2.75, 3.05) is 0 Å². The van der Waals surface area contributed by atoms with Gasteiger partial charge >= 0.3 is 0 Å². The van der Waals surface area contributed by atoms with Gasteiger partial charge < -0.3 is 0 Å². The van der Waals surface area contributed by atoms with Gasteiger partial charge in [-0.3, -0.25) is 9.78 Å². The van der Waals surface area contributed by atoms with E-state index in [1.54, 1.807) is 0 Å². The molecule has 0 heterocycles. The van der Waals surface area contributed by atoms with E-state index in [1.807, 2.05) is 48.5 Å². The molecule has 21 heavy (non-hydrogen) atoms. The average molecular weight is 286 g/mol. The molecule has 3 heteroatoms. The highest BCUT2D eigenvalue weighted by atomic mass is 17.5. The molecular weight excluding hydrogens is 264 g/mol. The molecule has 0 N–H and O–H groups in total. The fraction of sp³-hybridized carbons (Fsp3) is 0.333. The van der Waals surface area contributed by atoms with Crippen molar-refractivity contribution >= 4 is 0 Å². The van der Waals surface area contributed by atoms with Crippen LogP contribution in [0.2, 0.25) is 0 Å². The van der Waals surface area contributed by atoms with Gasteiger partial charge in [0.15, 0.2) is 11.5 Å². The quantitative estimate of drug-likeness (QED) is 0.537. The summed E-state index contributed by atoms with van der Waals surface area (Å²) in [5.41, 5.74) is 2.51. The SMILES string of the molecule is CC(C)c1ccc(OOOc2ccc(C(C)C)cc2)cc1. The molecule has 0 amide bonds. The molecule has 2 aromatic carbocycles. The molecule has 112 valence electrons. The minimum Gasteiger partial charge on any atom is -0.299 e. The van der Waals surface area contributed by atoms with Crippen molar-refractivity contribution in [3.05, 3.63) is 59.7 Å². The minimum absolute atomic E-state index is 0.496. The first-order valence-electron chi connectivity index (χ1n) is 7.27. The van der Waals surface area contributed by atoms with Crippen LogP contribution in [-0.4, -0.2) is 0 Å². The summed E-state index contributed by atoms with van der Waals surface area (Å²) in [6.07, 6.45) is 0. The van der Waals surface area contributed by atoms with E-state index in [9.17, 15) is 0 Å². The Labute approximate surface area is 126 Å². The molecule has 0 fully saturated rings. The van der Waals surface area contributed by atoms with Crippen molar-refractivity contribution in [3.63, 3.8) is 0 Å². The van der Waals surface area contributed by atoms with E-state index in [1.165, 1.54) is 11.1 Å². The third-order valence-electron chi connectivity index (χ3n) is 3.35. The third-order valence-corrected chi connectivity index (χ3v) is 3.35. The second-order valence-corrected chi connectivity index (χ2v) is 5.68. The van der Waals surface area contributed by atoms with Gasteiger partial charge in [-0.1, -0.05) is 52.0 Å². The maximum atomic E-state index is 5.10. The molecular formula is C18H22O3. The van der Waals surface area contributed by atoms with E-state index in [0.717, 1.165) is 0 Å². The van der Waals surface area contributed by atoms with Crippen molar-refractivity contribution < 1.29 is 14.8 Å². The topological polar surface area (TPSA) is 27.7 Å². The lowest BCUT2D eigenvalue weighted by Gasteiger charge is -2.08. The molecule has 0 aliphatic carbocycles. The van der Waals surface area contributed by atoms with Gasteiger partial charge in [0.1, 0.15) is 0 Å². The van der Waals surface area contributed by atoms with Crippen LogP contribution in [0, 0.1) is 0 Å². The van der Waals surface area contributed by atoms with Crippen molar-refractivity contribution in [2.45, 2.75) is 39.5 Å². The van der Waals surface area contributed by atoms with Crippen LogP contribution < -0.4 is 9.78 Å². The maximum absolute atomic E-state index is 5.10. The predicted octanol–water partition coefficient (Wildman–Crippen LogP) is 5.24. The Morgan fingerprint density at radius 1 is 0.571 bits per heavy atom. The van der Waals surface area contributed by atoms with Gasteiger partial charge in [0.2, 0.25) is 0 Å². The average Bonchev–Trinajstić information content (AvgIpc) is 2.48. The zero-order chi connectivity index (χ0) is 15.2. The molecule has 2 rings (SSSR count). The van der Waals surface area contributed by atoms with Gasteiger partial charge in [0.05, 0.1) is 0 Å². The number of rotatable bonds is 6. The van der Waals surface area contributed by atoms with Crippen molar-refractivity contribution in [3.8, 4) is 11.5 Å². The molecule has 0 atom stereocenters. The summed E-state index contributed by atoms with van der Waals surface area (Å²) in [5.74, 6) is 2.21. The summed E-state index contributed by atoms with van der Waals surface area (Å²) in [4.78, 5) is 10.2. The Balaban J connectivity index is 1.83. The molecule has 0 bridgehead atoms. The lowest BCUT2D eigenvalue weighted by atomic mass is 10.0.